The zero-order chi connectivity index (χ0) is 20.5. The SMILES string of the molecule is CCCCOC(=O)c1ccc(OCC(=O)Nc2cc([N+](=O)[O-])ccc2F)cc1. The highest BCUT2D eigenvalue weighted by molar-refractivity contribution is 5.92. The zero-order valence-corrected chi connectivity index (χ0v) is 15.1. The van der Waals surface area contributed by atoms with Crippen molar-refractivity contribution < 1.29 is 28.4 Å². The Kier molecular flexibility index (Phi) is 7.44. The van der Waals surface area contributed by atoms with Crippen LogP contribution in [-0.4, -0.2) is 30.0 Å². The third-order valence-electron chi connectivity index (χ3n) is 3.63. The predicted octanol–water partition coefficient (Wildman–Crippen LogP) is 3.71. The van der Waals surface area contributed by atoms with E-state index in [1.54, 1.807) is 0 Å². The van der Waals surface area contributed by atoms with E-state index < -0.39 is 29.2 Å². The number of esters is 1. The van der Waals surface area contributed by atoms with E-state index in [0.717, 1.165) is 31.0 Å². The highest BCUT2D eigenvalue weighted by Crippen LogP contribution is 2.21. The number of halogens is 1. The number of unbranched alkanes of at least 4 members (excludes halogenated alkanes) is 1. The third kappa shape index (κ3) is 6.04. The molecule has 0 atom stereocenters. The Morgan fingerprint density at radius 3 is 2.54 bits per heavy atom. The van der Waals surface area contributed by atoms with Crippen molar-refractivity contribution in [3.8, 4) is 5.75 Å². The summed E-state index contributed by atoms with van der Waals surface area (Å²) >= 11 is 0. The fourth-order valence-electron chi connectivity index (χ4n) is 2.14. The van der Waals surface area contributed by atoms with E-state index in [1.807, 2.05) is 6.92 Å². The molecule has 0 saturated heterocycles. The van der Waals surface area contributed by atoms with Gasteiger partial charge in [0.1, 0.15) is 11.6 Å². The minimum Gasteiger partial charge on any atom is -0.484 e. The lowest BCUT2D eigenvalue weighted by atomic mass is 10.2. The summed E-state index contributed by atoms with van der Waals surface area (Å²) < 4.78 is 24.0. The molecular formula is C19H19FN2O6. The molecule has 1 amide bonds. The Labute approximate surface area is 160 Å². The first-order chi connectivity index (χ1) is 13.4. The van der Waals surface area contributed by atoms with Crippen LogP contribution in [0.15, 0.2) is 42.5 Å². The number of hydrogen-bond donors (Lipinski definition) is 1. The number of nitrogens with one attached hydrogen (secondary N) is 1. The van der Waals surface area contributed by atoms with Gasteiger partial charge in [-0.3, -0.25) is 14.9 Å². The van der Waals surface area contributed by atoms with Crippen LogP contribution in [0, 0.1) is 15.9 Å². The van der Waals surface area contributed by atoms with E-state index in [-0.39, 0.29) is 11.4 Å². The smallest absolute Gasteiger partial charge is 0.338 e. The highest BCUT2D eigenvalue weighted by atomic mass is 19.1. The van der Waals surface area contributed by atoms with Gasteiger partial charge in [0.05, 0.1) is 22.8 Å². The van der Waals surface area contributed by atoms with Crippen LogP contribution < -0.4 is 10.1 Å². The Morgan fingerprint density at radius 1 is 1.18 bits per heavy atom. The van der Waals surface area contributed by atoms with Gasteiger partial charge in [-0.1, -0.05) is 13.3 Å². The van der Waals surface area contributed by atoms with Crippen molar-refractivity contribution in [1.29, 1.82) is 0 Å². The summed E-state index contributed by atoms with van der Waals surface area (Å²) in [5.74, 6) is -1.62. The number of nitro benzene ring substituents is 1. The van der Waals surface area contributed by atoms with Crippen LogP contribution in [0.5, 0.6) is 5.75 Å². The molecule has 0 spiro atoms. The van der Waals surface area contributed by atoms with Gasteiger partial charge in [-0.25, -0.2) is 9.18 Å². The van der Waals surface area contributed by atoms with Crippen LogP contribution in [0.2, 0.25) is 0 Å². The number of ether oxygens (including phenoxy) is 2. The number of hydrogen-bond acceptors (Lipinski definition) is 6. The maximum absolute atomic E-state index is 13.7. The number of nitro groups is 1. The summed E-state index contributed by atoms with van der Waals surface area (Å²) in [6.45, 7) is 1.90. The normalized spacial score (nSPS) is 10.2. The van der Waals surface area contributed by atoms with Crippen LogP contribution in [0.3, 0.4) is 0 Å². The fourth-order valence-corrected chi connectivity index (χ4v) is 2.14. The standard InChI is InChI=1S/C19H19FN2O6/c1-2-3-10-27-19(24)13-4-7-15(8-5-13)28-12-18(23)21-17-11-14(22(25)26)6-9-16(17)20/h4-9,11H,2-3,10,12H2,1H3,(H,21,23). The molecule has 2 aromatic rings. The second-order valence-electron chi connectivity index (χ2n) is 5.77. The Bertz CT molecular complexity index is 854. The minimum absolute atomic E-state index is 0.312. The van der Waals surface area contributed by atoms with E-state index in [9.17, 15) is 24.1 Å². The molecule has 0 unspecified atom stereocenters. The van der Waals surface area contributed by atoms with E-state index >= 15 is 0 Å². The first-order valence-corrected chi connectivity index (χ1v) is 8.54. The Hall–Kier alpha value is -3.49. The molecule has 0 aliphatic rings. The molecule has 0 bridgehead atoms. The van der Waals surface area contributed by atoms with E-state index in [0.29, 0.717) is 17.9 Å². The molecule has 0 aliphatic heterocycles. The number of nitrogens with zero attached hydrogens (tertiary/aromatic N) is 1. The van der Waals surface area contributed by atoms with Crippen molar-refractivity contribution in [3.63, 3.8) is 0 Å². The monoisotopic (exact) mass is 390 g/mol. The number of rotatable bonds is 9. The van der Waals surface area contributed by atoms with Crippen molar-refractivity contribution >= 4 is 23.3 Å². The lowest BCUT2D eigenvalue weighted by molar-refractivity contribution is -0.384. The lowest BCUT2D eigenvalue weighted by Gasteiger charge is -2.09. The summed E-state index contributed by atoms with van der Waals surface area (Å²) in [5.41, 5.74) is -0.307. The molecule has 1 N–H and O–H groups in total. The van der Waals surface area contributed by atoms with Crippen molar-refractivity contribution in [2.45, 2.75) is 19.8 Å². The van der Waals surface area contributed by atoms with Crippen LogP contribution in [0.1, 0.15) is 30.1 Å². The topological polar surface area (TPSA) is 108 Å². The van der Waals surface area contributed by atoms with Crippen molar-refractivity contribution in [2.75, 3.05) is 18.5 Å². The summed E-state index contributed by atoms with van der Waals surface area (Å²) in [6, 6.07) is 8.81. The summed E-state index contributed by atoms with van der Waals surface area (Å²) in [5, 5.41) is 12.9. The maximum Gasteiger partial charge on any atom is 0.338 e. The molecule has 2 aromatic carbocycles. The van der Waals surface area contributed by atoms with Crippen LogP contribution >= 0.6 is 0 Å². The molecule has 0 aliphatic carbocycles. The van der Waals surface area contributed by atoms with E-state index in [1.165, 1.54) is 24.3 Å². The van der Waals surface area contributed by atoms with Gasteiger partial charge >= 0.3 is 5.97 Å². The number of amides is 1. The molecule has 0 radical (unpaired) electrons. The Balaban J connectivity index is 1.88. The molecule has 2 rings (SSSR count). The molecule has 0 aromatic heterocycles. The van der Waals surface area contributed by atoms with Crippen molar-refractivity contribution in [3.05, 3.63) is 64.0 Å². The van der Waals surface area contributed by atoms with Gasteiger partial charge in [-0.15, -0.1) is 0 Å². The number of non-ortho nitro benzene ring substituents is 1. The average molecular weight is 390 g/mol. The van der Waals surface area contributed by atoms with Gasteiger partial charge in [0.25, 0.3) is 11.6 Å². The first kappa shape index (κ1) is 20.8. The van der Waals surface area contributed by atoms with Crippen LogP contribution in [-0.2, 0) is 9.53 Å². The van der Waals surface area contributed by atoms with Crippen LogP contribution in [0.25, 0.3) is 0 Å². The fraction of sp³-hybridized carbons (Fsp3) is 0.263. The lowest BCUT2D eigenvalue weighted by Crippen LogP contribution is -2.21. The van der Waals surface area contributed by atoms with Gasteiger partial charge < -0.3 is 14.8 Å². The predicted molar refractivity (Wildman–Crippen MR) is 98.8 cm³/mol. The molecule has 0 fully saturated rings. The molecule has 0 heterocycles. The highest BCUT2D eigenvalue weighted by Gasteiger charge is 2.14. The Morgan fingerprint density at radius 2 is 1.89 bits per heavy atom. The molecule has 0 saturated carbocycles. The number of benzene rings is 2. The average Bonchev–Trinajstić information content (AvgIpc) is 2.68. The first-order valence-electron chi connectivity index (χ1n) is 8.54. The summed E-state index contributed by atoms with van der Waals surface area (Å²) in [4.78, 5) is 33.7. The van der Waals surface area contributed by atoms with E-state index in [4.69, 9.17) is 9.47 Å². The number of carbonyl (C=O) groups is 2. The molecule has 148 valence electrons. The van der Waals surface area contributed by atoms with Crippen LogP contribution in [0.4, 0.5) is 15.8 Å². The van der Waals surface area contributed by atoms with E-state index in [2.05, 4.69) is 5.32 Å². The molecular weight excluding hydrogens is 371 g/mol. The number of carbonyl (C=O) groups excluding carboxylic acids is 2. The minimum atomic E-state index is -0.801. The number of anilines is 1. The summed E-state index contributed by atoms with van der Waals surface area (Å²) in [7, 11) is 0. The van der Waals surface area contributed by atoms with Gasteiger partial charge in [0.15, 0.2) is 6.61 Å². The van der Waals surface area contributed by atoms with Crippen molar-refractivity contribution in [2.24, 2.45) is 0 Å². The molecule has 28 heavy (non-hydrogen) atoms. The van der Waals surface area contributed by atoms with Crippen molar-refractivity contribution in [1.82, 2.24) is 0 Å². The maximum atomic E-state index is 13.7. The third-order valence-corrected chi connectivity index (χ3v) is 3.63. The van der Waals surface area contributed by atoms with Gasteiger partial charge in [-0.05, 0) is 36.8 Å². The van der Waals surface area contributed by atoms with Gasteiger partial charge in [-0.2, -0.15) is 0 Å². The van der Waals surface area contributed by atoms with Gasteiger partial charge in [0, 0.05) is 12.1 Å². The second kappa shape index (κ2) is 10.0. The second-order valence-corrected chi connectivity index (χ2v) is 5.77. The quantitative estimate of drug-likeness (QED) is 0.303. The zero-order valence-electron chi connectivity index (χ0n) is 15.1. The summed E-state index contributed by atoms with van der Waals surface area (Å²) in [6.07, 6.45) is 1.70. The largest absolute Gasteiger partial charge is 0.484 e. The molecule has 9 heteroatoms. The molecule has 8 nitrogen and oxygen atoms in total. The van der Waals surface area contributed by atoms with Gasteiger partial charge in [0.2, 0.25) is 0 Å².